The van der Waals surface area contributed by atoms with E-state index in [1.54, 1.807) is 0 Å². The van der Waals surface area contributed by atoms with Gasteiger partial charge >= 0.3 is 0 Å². The van der Waals surface area contributed by atoms with Gasteiger partial charge in [-0.15, -0.1) is 11.3 Å². The smallest absolute Gasteiger partial charge is 0.289 e. The van der Waals surface area contributed by atoms with Gasteiger partial charge in [0.2, 0.25) is 5.91 Å². The van der Waals surface area contributed by atoms with Crippen molar-refractivity contribution < 1.29 is 14.5 Å². The molecule has 1 aliphatic heterocycles. The monoisotopic (exact) mass is 379 g/mol. The Morgan fingerprint density at radius 2 is 2.15 bits per heavy atom. The normalized spacial score (nSPS) is 15.9. The molecular formula is C20H19N4O2S+. The van der Waals surface area contributed by atoms with Gasteiger partial charge in [0.1, 0.15) is 27.9 Å². The third-order valence-corrected chi connectivity index (χ3v) is 6.13. The molecule has 1 aromatic carbocycles. The minimum absolute atomic E-state index is 0.0147. The lowest BCUT2D eigenvalue weighted by atomic mass is 9.86. The summed E-state index contributed by atoms with van der Waals surface area (Å²) in [7, 11) is 0. The zero-order valence-electron chi connectivity index (χ0n) is 15.1. The summed E-state index contributed by atoms with van der Waals surface area (Å²) >= 11 is 1.48. The number of benzene rings is 1. The van der Waals surface area contributed by atoms with E-state index in [0.717, 1.165) is 37.7 Å². The minimum atomic E-state index is -0.0823. The van der Waals surface area contributed by atoms with Gasteiger partial charge in [0.15, 0.2) is 0 Å². The van der Waals surface area contributed by atoms with Crippen LogP contribution in [-0.4, -0.2) is 12.5 Å². The molecule has 6 nitrogen and oxygen atoms in total. The third-order valence-electron chi connectivity index (χ3n) is 4.89. The molecule has 4 N–H and O–H groups in total. The Morgan fingerprint density at radius 3 is 2.81 bits per heavy atom. The molecule has 0 fully saturated rings. The number of carbonyl (C=O) groups excluding carboxylic acids is 1. The molecule has 0 spiro atoms. The quantitative estimate of drug-likeness (QED) is 0.728. The van der Waals surface area contributed by atoms with E-state index in [1.807, 2.05) is 38.1 Å². The number of rotatable bonds is 3. The molecule has 3 aromatic rings. The predicted molar refractivity (Wildman–Crippen MR) is 105 cm³/mol. The van der Waals surface area contributed by atoms with Crippen LogP contribution in [0.25, 0.3) is 10.2 Å². The van der Waals surface area contributed by atoms with Gasteiger partial charge in [-0.3, -0.25) is 10.5 Å². The molecular weight excluding hydrogens is 360 g/mol. The first-order valence-corrected chi connectivity index (χ1v) is 9.55. The number of pyridine rings is 1. The molecule has 4 rings (SSSR count). The molecule has 7 heteroatoms. The van der Waals surface area contributed by atoms with Gasteiger partial charge in [0.25, 0.3) is 5.82 Å². The van der Waals surface area contributed by atoms with Gasteiger partial charge in [-0.1, -0.05) is 12.1 Å². The number of hydrogen-bond acceptors (Lipinski definition) is 5. The van der Waals surface area contributed by atoms with E-state index in [1.165, 1.54) is 11.3 Å². The Morgan fingerprint density at radius 1 is 1.41 bits per heavy atom. The van der Waals surface area contributed by atoms with Gasteiger partial charge < -0.3 is 10.1 Å². The second-order valence-electron chi connectivity index (χ2n) is 6.51. The molecule has 1 aliphatic rings. The lowest BCUT2D eigenvalue weighted by Gasteiger charge is -2.23. The number of nitrogens with one attached hydrogen (secondary N) is 2. The van der Waals surface area contributed by atoms with Crippen molar-refractivity contribution in [3.8, 4) is 11.8 Å². The largest absolute Gasteiger partial charge is 0.494 e. The van der Waals surface area contributed by atoms with E-state index < -0.39 is 0 Å². The summed E-state index contributed by atoms with van der Waals surface area (Å²) in [6.07, 6.45) is 0.361. The number of aromatic amines is 1. The fourth-order valence-corrected chi connectivity index (χ4v) is 4.87. The molecule has 0 saturated carbocycles. The second-order valence-corrected chi connectivity index (χ2v) is 7.53. The van der Waals surface area contributed by atoms with Crippen LogP contribution >= 0.6 is 11.3 Å². The van der Waals surface area contributed by atoms with Crippen LogP contribution in [0.3, 0.4) is 0 Å². The highest BCUT2D eigenvalue weighted by Gasteiger charge is 2.33. The maximum absolute atomic E-state index is 12.3. The van der Waals surface area contributed by atoms with E-state index in [9.17, 15) is 10.1 Å². The zero-order chi connectivity index (χ0) is 19.1. The molecule has 1 atom stereocenters. The number of H-pyrrole nitrogens is 1. The van der Waals surface area contributed by atoms with E-state index in [0.29, 0.717) is 24.4 Å². The first kappa shape index (κ1) is 17.3. The number of fused-ring (bicyclic) bond motifs is 3. The van der Waals surface area contributed by atoms with Crippen LogP contribution in [0.4, 0.5) is 10.8 Å². The van der Waals surface area contributed by atoms with Crippen LogP contribution in [-0.2, 0) is 4.79 Å². The number of amides is 1. The Balaban J connectivity index is 1.90. The van der Waals surface area contributed by atoms with E-state index in [2.05, 4.69) is 16.4 Å². The fraction of sp³-hybridized carbons (Fsp3) is 0.250. The molecule has 0 bridgehead atoms. The Labute approximate surface area is 160 Å². The first-order valence-electron chi connectivity index (χ1n) is 8.74. The van der Waals surface area contributed by atoms with Crippen molar-refractivity contribution in [2.24, 2.45) is 0 Å². The van der Waals surface area contributed by atoms with Gasteiger partial charge in [-0.2, -0.15) is 5.26 Å². The predicted octanol–water partition coefficient (Wildman–Crippen LogP) is 3.35. The fourth-order valence-electron chi connectivity index (χ4n) is 3.63. The van der Waals surface area contributed by atoms with Crippen molar-refractivity contribution in [1.82, 2.24) is 0 Å². The number of nitrogens with two attached hydrogens (primary N) is 1. The molecule has 27 heavy (non-hydrogen) atoms. The molecule has 0 unspecified atom stereocenters. The van der Waals surface area contributed by atoms with Crippen molar-refractivity contribution in [1.29, 1.82) is 5.26 Å². The van der Waals surface area contributed by atoms with Crippen molar-refractivity contribution in [2.45, 2.75) is 26.2 Å². The summed E-state index contributed by atoms with van der Waals surface area (Å²) in [5.41, 5.74) is 10.3. The number of ether oxygens (including phenoxy) is 1. The Hall–Kier alpha value is -3.11. The number of thiophene rings is 1. The molecule has 0 radical (unpaired) electrons. The van der Waals surface area contributed by atoms with E-state index in [4.69, 9.17) is 10.5 Å². The number of nitrogens with zero attached hydrogens (tertiary/aromatic N) is 1. The molecule has 0 saturated heterocycles. The van der Waals surface area contributed by atoms with Crippen LogP contribution in [0.5, 0.6) is 5.75 Å². The number of aromatic nitrogens is 1. The maximum atomic E-state index is 12.3. The summed E-state index contributed by atoms with van der Waals surface area (Å²) in [6, 6.07) is 10.0. The van der Waals surface area contributed by atoms with Gasteiger partial charge in [0.05, 0.1) is 11.3 Å². The van der Waals surface area contributed by atoms with Crippen LogP contribution in [0.15, 0.2) is 24.3 Å². The standard InChI is InChI=1S/C20H18N4O2S/c1-3-26-12-6-4-11(5-7-12)13-8-15(25)23-20-16(13)17-18(27-20)10(2)14(9-21)19(22)24-17/h4-7,13H,3,8H2,1-2H3,(H2,22,24)(H,23,25)/p+1/t13-/m0/s1. The summed E-state index contributed by atoms with van der Waals surface area (Å²) in [6.45, 7) is 4.45. The maximum Gasteiger partial charge on any atom is 0.289 e. The number of carbonyl (C=O) groups is 1. The number of nitrogen functional groups attached to an aromatic ring is 1. The summed E-state index contributed by atoms with van der Waals surface area (Å²) in [5, 5.41) is 13.2. The van der Waals surface area contributed by atoms with Crippen LogP contribution in [0.1, 0.15) is 41.5 Å². The van der Waals surface area contributed by atoms with E-state index in [-0.39, 0.29) is 11.8 Å². The zero-order valence-corrected chi connectivity index (χ0v) is 15.9. The number of nitriles is 1. The number of anilines is 2. The number of hydrogen-bond donors (Lipinski definition) is 2. The molecule has 136 valence electrons. The lowest BCUT2D eigenvalue weighted by molar-refractivity contribution is -0.327. The Kier molecular flexibility index (Phi) is 4.21. The summed E-state index contributed by atoms with van der Waals surface area (Å²) in [5.74, 6) is 1.06. The second kappa shape index (κ2) is 6.56. The Bertz CT molecular complexity index is 1100. The van der Waals surface area contributed by atoms with Gasteiger partial charge in [0, 0.05) is 17.9 Å². The van der Waals surface area contributed by atoms with Crippen LogP contribution < -0.4 is 20.8 Å². The van der Waals surface area contributed by atoms with Crippen molar-refractivity contribution in [3.63, 3.8) is 0 Å². The number of aryl methyl sites for hydroxylation is 1. The average molecular weight is 379 g/mol. The highest BCUT2D eigenvalue weighted by molar-refractivity contribution is 7.23. The molecule has 2 aromatic heterocycles. The van der Waals surface area contributed by atoms with Gasteiger partial charge in [-0.05, 0) is 37.1 Å². The highest BCUT2D eigenvalue weighted by Crippen LogP contribution is 2.46. The van der Waals surface area contributed by atoms with Crippen molar-refractivity contribution in [3.05, 3.63) is 46.5 Å². The summed E-state index contributed by atoms with van der Waals surface area (Å²) < 4.78 is 6.47. The SMILES string of the molecule is CCOc1ccc([C@@H]2CC(=O)Nc3sc4c(C)c(C#N)c(N)[nH+]c4c32)cc1. The van der Waals surface area contributed by atoms with Gasteiger partial charge in [-0.25, -0.2) is 4.98 Å². The van der Waals surface area contributed by atoms with Crippen LogP contribution in [0, 0.1) is 18.3 Å². The van der Waals surface area contributed by atoms with Crippen LogP contribution in [0.2, 0.25) is 0 Å². The minimum Gasteiger partial charge on any atom is -0.494 e. The average Bonchev–Trinajstić information content (AvgIpc) is 3.01. The topological polar surface area (TPSA) is 102 Å². The van der Waals surface area contributed by atoms with E-state index >= 15 is 0 Å². The molecule has 3 heterocycles. The molecule has 1 amide bonds. The third kappa shape index (κ3) is 2.78. The first-order chi connectivity index (χ1) is 13.0. The van der Waals surface area contributed by atoms with Crippen molar-refractivity contribution >= 4 is 38.3 Å². The molecule has 0 aliphatic carbocycles. The van der Waals surface area contributed by atoms with Crippen molar-refractivity contribution in [2.75, 3.05) is 17.7 Å². The summed E-state index contributed by atoms with van der Waals surface area (Å²) in [4.78, 5) is 15.5. The lowest BCUT2D eigenvalue weighted by Crippen LogP contribution is -2.24. The highest BCUT2D eigenvalue weighted by atomic mass is 32.1.